The number of benzene rings is 1. The van der Waals surface area contributed by atoms with Gasteiger partial charge in [0.1, 0.15) is 17.0 Å². The van der Waals surface area contributed by atoms with Crippen molar-refractivity contribution in [2.75, 3.05) is 5.32 Å². The Labute approximate surface area is 137 Å². The number of nitrogens with one attached hydrogen (secondary N) is 1. The molecule has 4 aromatic rings. The molecular weight excluding hydrogens is 306 g/mol. The van der Waals surface area contributed by atoms with Crippen molar-refractivity contribution in [3.63, 3.8) is 0 Å². The first-order chi connectivity index (χ1) is 11.7. The number of fused-ring (bicyclic) bond motifs is 1. The molecule has 7 heteroatoms. The third-order valence-corrected chi connectivity index (χ3v) is 3.43. The van der Waals surface area contributed by atoms with Crippen LogP contribution in [0.25, 0.3) is 17.1 Å². The van der Waals surface area contributed by atoms with Crippen molar-refractivity contribution in [2.45, 2.75) is 6.92 Å². The molecule has 0 aliphatic rings. The van der Waals surface area contributed by atoms with E-state index in [-0.39, 0.29) is 5.91 Å². The first-order valence-corrected chi connectivity index (χ1v) is 7.36. The monoisotopic (exact) mass is 319 g/mol. The molecule has 0 spiro atoms. The first-order valence-electron chi connectivity index (χ1n) is 7.36. The summed E-state index contributed by atoms with van der Waals surface area (Å²) in [6, 6.07) is 14.6. The van der Waals surface area contributed by atoms with Gasteiger partial charge in [0.05, 0.1) is 5.69 Å². The Morgan fingerprint density at radius 2 is 2.00 bits per heavy atom. The van der Waals surface area contributed by atoms with Crippen LogP contribution in [0.5, 0.6) is 0 Å². The van der Waals surface area contributed by atoms with Crippen LogP contribution in [0.15, 0.2) is 59.1 Å². The summed E-state index contributed by atoms with van der Waals surface area (Å²) < 4.78 is 7.19. The van der Waals surface area contributed by atoms with Crippen molar-refractivity contribution in [3.8, 4) is 6.01 Å². The van der Waals surface area contributed by atoms with E-state index in [4.69, 9.17) is 4.42 Å². The summed E-state index contributed by atoms with van der Waals surface area (Å²) in [6.07, 6.45) is 1.57. The number of pyridine rings is 1. The summed E-state index contributed by atoms with van der Waals surface area (Å²) >= 11 is 0. The van der Waals surface area contributed by atoms with E-state index >= 15 is 0 Å². The van der Waals surface area contributed by atoms with Crippen LogP contribution in [0, 0.1) is 6.92 Å². The number of aromatic nitrogens is 4. The molecule has 7 nitrogen and oxygen atoms in total. The Kier molecular flexibility index (Phi) is 3.31. The first kappa shape index (κ1) is 14.1. The van der Waals surface area contributed by atoms with E-state index in [1.54, 1.807) is 30.5 Å². The Bertz CT molecular complexity index is 987. The van der Waals surface area contributed by atoms with Gasteiger partial charge in [0.2, 0.25) is 0 Å². The maximum Gasteiger partial charge on any atom is 0.325 e. The molecule has 118 valence electrons. The van der Waals surface area contributed by atoms with Crippen molar-refractivity contribution in [2.24, 2.45) is 0 Å². The second-order valence-corrected chi connectivity index (χ2v) is 5.22. The van der Waals surface area contributed by atoms with Crippen LogP contribution in [-0.4, -0.2) is 25.7 Å². The zero-order valence-corrected chi connectivity index (χ0v) is 12.8. The minimum absolute atomic E-state index is 0.292. The van der Waals surface area contributed by atoms with E-state index in [9.17, 15) is 4.79 Å². The highest BCUT2D eigenvalue weighted by molar-refractivity contribution is 6.02. The molecule has 1 aromatic carbocycles. The standard InChI is InChI=1S/C17H13N5O2/c1-11-10-15(20-16(23)13-7-4-5-9-18-13)22(21-11)17-19-12-6-2-3-8-14(12)24-17/h2-10H,1H3,(H,20,23). The van der Waals surface area contributed by atoms with Gasteiger partial charge in [-0.15, -0.1) is 0 Å². The van der Waals surface area contributed by atoms with E-state index in [2.05, 4.69) is 20.4 Å². The van der Waals surface area contributed by atoms with Gasteiger partial charge in [0, 0.05) is 12.3 Å². The summed E-state index contributed by atoms with van der Waals surface area (Å²) in [5.74, 6) is 0.141. The number of oxazole rings is 1. The lowest BCUT2D eigenvalue weighted by atomic mass is 10.3. The molecule has 0 bridgehead atoms. The third kappa shape index (κ3) is 2.52. The molecule has 0 fully saturated rings. The predicted molar refractivity (Wildman–Crippen MR) is 88.1 cm³/mol. The molecular formula is C17H13N5O2. The zero-order valence-electron chi connectivity index (χ0n) is 12.8. The number of rotatable bonds is 3. The Balaban J connectivity index is 1.71. The van der Waals surface area contributed by atoms with E-state index in [1.807, 2.05) is 31.2 Å². The number of carbonyl (C=O) groups excluding carboxylic acids is 1. The van der Waals surface area contributed by atoms with Gasteiger partial charge in [-0.25, -0.2) is 0 Å². The van der Waals surface area contributed by atoms with Gasteiger partial charge in [-0.3, -0.25) is 9.78 Å². The average molecular weight is 319 g/mol. The molecule has 0 aliphatic heterocycles. The van der Waals surface area contributed by atoms with Crippen LogP contribution in [0.1, 0.15) is 16.2 Å². The second kappa shape index (κ2) is 5.62. The maximum atomic E-state index is 12.3. The van der Waals surface area contributed by atoms with Crippen LogP contribution in [0.3, 0.4) is 0 Å². The molecule has 1 amide bonds. The summed E-state index contributed by atoms with van der Waals surface area (Å²) in [4.78, 5) is 20.8. The lowest BCUT2D eigenvalue weighted by Crippen LogP contribution is -2.16. The molecule has 24 heavy (non-hydrogen) atoms. The van der Waals surface area contributed by atoms with Gasteiger partial charge in [0.15, 0.2) is 5.58 Å². The van der Waals surface area contributed by atoms with Crippen LogP contribution in [0.4, 0.5) is 5.82 Å². The molecule has 0 atom stereocenters. The van der Waals surface area contributed by atoms with Crippen molar-refractivity contribution < 1.29 is 9.21 Å². The van der Waals surface area contributed by atoms with Gasteiger partial charge in [-0.05, 0) is 31.2 Å². The number of para-hydroxylation sites is 2. The molecule has 3 aromatic heterocycles. The normalized spacial score (nSPS) is 10.9. The van der Waals surface area contributed by atoms with Gasteiger partial charge in [-0.1, -0.05) is 18.2 Å². The van der Waals surface area contributed by atoms with Gasteiger partial charge in [0.25, 0.3) is 5.91 Å². The number of anilines is 1. The van der Waals surface area contributed by atoms with E-state index in [1.165, 1.54) is 4.68 Å². The number of amides is 1. The fourth-order valence-electron chi connectivity index (χ4n) is 2.36. The second-order valence-electron chi connectivity index (χ2n) is 5.22. The van der Waals surface area contributed by atoms with E-state index in [0.717, 1.165) is 11.2 Å². The summed E-state index contributed by atoms with van der Waals surface area (Å²) in [5.41, 5.74) is 2.43. The minimum atomic E-state index is -0.326. The van der Waals surface area contributed by atoms with Gasteiger partial charge in [-0.2, -0.15) is 14.8 Å². The summed E-state index contributed by atoms with van der Waals surface area (Å²) in [7, 11) is 0. The highest BCUT2D eigenvalue weighted by Crippen LogP contribution is 2.21. The molecule has 0 unspecified atom stereocenters. The number of carbonyl (C=O) groups is 1. The minimum Gasteiger partial charge on any atom is -0.422 e. The van der Waals surface area contributed by atoms with Gasteiger partial charge < -0.3 is 9.73 Å². The molecule has 0 saturated carbocycles. The summed E-state index contributed by atoms with van der Waals surface area (Å²) in [5, 5.41) is 7.14. The smallest absolute Gasteiger partial charge is 0.325 e. The quantitative estimate of drug-likeness (QED) is 0.627. The summed E-state index contributed by atoms with van der Waals surface area (Å²) in [6.45, 7) is 1.83. The Morgan fingerprint density at radius 1 is 1.17 bits per heavy atom. The topological polar surface area (TPSA) is 85.8 Å². The van der Waals surface area contributed by atoms with Crippen molar-refractivity contribution in [3.05, 3.63) is 66.1 Å². The lowest BCUT2D eigenvalue weighted by Gasteiger charge is -2.05. The number of nitrogens with zero attached hydrogens (tertiary/aromatic N) is 4. The molecule has 3 heterocycles. The molecule has 0 aliphatic carbocycles. The number of hydrogen-bond acceptors (Lipinski definition) is 5. The molecule has 4 rings (SSSR count). The van der Waals surface area contributed by atoms with Crippen LogP contribution in [-0.2, 0) is 0 Å². The van der Waals surface area contributed by atoms with E-state index in [0.29, 0.717) is 23.1 Å². The third-order valence-electron chi connectivity index (χ3n) is 3.43. The Morgan fingerprint density at radius 3 is 2.79 bits per heavy atom. The lowest BCUT2D eigenvalue weighted by molar-refractivity contribution is 0.102. The average Bonchev–Trinajstić information content (AvgIpc) is 3.18. The van der Waals surface area contributed by atoms with Crippen molar-refractivity contribution in [1.29, 1.82) is 0 Å². The molecule has 0 radical (unpaired) electrons. The molecule has 1 N–H and O–H groups in total. The largest absolute Gasteiger partial charge is 0.422 e. The fraction of sp³-hybridized carbons (Fsp3) is 0.0588. The van der Waals surface area contributed by atoms with Crippen molar-refractivity contribution in [1.82, 2.24) is 19.7 Å². The predicted octanol–water partition coefficient (Wildman–Crippen LogP) is 2.97. The van der Waals surface area contributed by atoms with E-state index < -0.39 is 0 Å². The van der Waals surface area contributed by atoms with Gasteiger partial charge >= 0.3 is 6.01 Å². The maximum absolute atomic E-state index is 12.3. The van der Waals surface area contributed by atoms with Crippen molar-refractivity contribution >= 4 is 22.8 Å². The fourth-order valence-corrected chi connectivity index (χ4v) is 2.36. The zero-order chi connectivity index (χ0) is 16.5. The Hall–Kier alpha value is -3.48. The van der Waals surface area contributed by atoms with Crippen LogP contribution < -0.4 is 5.32 Å². The van der Waals surface area contributed by atoms with Crippen LogP contribution in [0.2, 0.25) is 0 Å². The SMILES string of the molecule is Cc1cc(NC(=O)c2ccccn2)n(-c2nc3ccccc3o2)n1. The highest BCUT2D eigenvalue weighted by Gasteiger charge is 2.16. The highest BCUT2D eigenvalue weighted by atomic mass is 16.4. The molecule has 0 saturated heterocycles. The number of hydrogen-bond donors (Lipinski definition) is 1. The number of aryl methyl sites for hydroxylation is 1. The van der Waals surface area contributed by atoms with Crippen LogP contribution >= 0.6 is 0 Å².